The van der Waals surface area contributed by atoms with E-state index in [0.29, 0.717) is 10.2 Å². The van der Waals surface area contributed by atoms with Gasteiger partial charge in [0.2, 0.25) is 5.91 Å². The van der Waals surface area contributed by atoms with E-state index in [1.165, 1.54) is 23.1 Å². The average molecular weight is 313 g/mol. The predicted octanol–water partition coefficient (Wildman–Crippen LogP) is 4.22. The first kappa shape index (κ1) is 14.4. The van der Waals surface area contributed by atoms with E-state index in [2.05, 4.69) is 10.3 Å². The molecular weight excluding hydrogens is 300 g/mol. The van der Waals surface area contributed by atoms with Crippen LogP contribution in [0.25, 0.3) is 0 Å². The number of benzene rings is 1. The molecule has 19 heavy (non-hydrogen) atoms. The molecule has 0 fully saturated rings. The van der Waals surface area contributed by atoms with Crippen molar-refractivity contribution < 1.29 is 4.79 Å². The number of thiazole rings is 1. The number of thioether (sulfide) groups is 1. The van der Waals surface area contributed by atoms with Crippen molar-refractivity contribution >= 4 is 45.7 Å². The van der Waals surface area contributed by atoms with Gasteiger partial charge in [0.1, 0.15) is 0 Å². The fraction of sp³-hybridized carbons (Fsp3) is 0.231. The Morgan fingerprint density at radius 2 is 2.11 bits per heavy atom. The smallest absolute Gasteiger partial charge is 0.239 e. The van der Waals surface area contributed by atoms with Crippen LogP contribution >= 0.6 is 34.7 Å². The Morgan fingerprint density at radius 3 is 2.68 bits per heavy atom. The van der Waals surface area contributed by atoms with Crippen LogP contribution in [0.3, 0.4) is 0 Å². The van der Waals surface area contributed by atoms with E-state index in [9.17, 15) is 4.79 Å². The first-order chi connectivity index (χ1) is 9.04. The summed E-state index contributed by atoms with van der Waals surface area (Å²) in [5, 5.41) is 3.96. The van der Waals surface area contributed by atoms with E-state index >= 15 is 0 Å². The lowest BCUT2D eigenvalue weighted by molar-refractivity contribution is -0.115. The molecule has 0 aliphatic carbocycles. The van der Waals surface area contributed by atoms with Crippen LogP contribution in [-0.2, 0) is 4.79 Å². The number of rotatable bonds is 4. The van der Waals surface area contributed by atoms with Crippen molar-refractivity contribution in [3.05, 3.63) is 40.4 Å². The Morgan fingerprint density at radius 1 is 1.42 bits per heavy atom. The Bertz CT molecular complexity index is 568. The molecule has 1 unspecified atom stereocenters. The number of aryl methyl sites for hydroxylation is 1. The number of amides is 1. The zero-order valence-corrected chi connectivity index (χ0v) is 12.9. The molecule has 3 nitrogen and oxygen atoms in total. The number of hydrogen-bond acceptors (Lipinski definition) is 4. The third-order valence-electron chi connectivity index (χ3n) is 2.35. The predicted molar refractivity (Wildman–Crippen MR) is 82.3 cm³/mol. The SMILES string of the molecule is Cc1cnc(NC(=O)C(C)Sc2ccc(Cl)cc2)s1. The fourth-order valence-electron chi connectivity index (χ4n) is 1.39. The van der Waals surface area contributed by atoms with Gasteiger partial charge in [0.05, 0.1) is 5.25 Å². The van der Waals surface area contributed by atoms with Crippen LogP contribution in [0.4, 0.5) is 5.13 Å². The molecule has 1 atom stereocenters. The van der Waals surface area contributed by atoms with Gasteiger partial charge in [-0.05, 0) is 38.1 Å². The zero-order valence-electron chi connectivity index (χ0n) is 10.5. The maximum atomic E-state index is 12.0. The van der Waals surface area contributed by atoms with Gasteiger partial charge < -0.3 is 5.32 Å². The van der Waals surface area contributed by atoms with Crippen LogP contribution < -0.4 is 5.32 Å². The van der Waals surface area contributed by atoms with Crippen molar-refractivity contribution in [2.75, 3.05) is 5.32 Å². The van der Waals surface area contributed by atoms with Gasteiger partial charge in [-0.2, -0.15) is 0 Å². The van der Waals surface area contributed by atoms with Gasteiger partial charge in [-0.1, -0.05) is 11.6 Å². The average Bonchev–Trinajstić information content (AvgIpc) is 2.77. The molecule has 6 heteroatoms. The highest BCUT2D eigenvalue weighted by Crippen LogP contribution is 2.26. The van der Waals surface area contributed by atoms with Crippen molar-refractivity contribution in [3.63, 3.8) is 0 Å². The number of aromatic nitrogens is 1. The summed E-state index contributed by atoms with van der Waals surface area (Å²) in [6.07, 6.45) is 1.75. The first-order valence-corrected chi connectivity index (χ1v) is 7.77. The number of hydrogen-bond donors (Lipinski definition) is 1. The van der Waals surface area contributed by atoms with Gasteiger partial charge >= 0.3 is 0 Å². The van der Waals surface area contributed by atoms with Gasteiger partial charge in [-0.15, -0.1) is 23.1 Å². The molecule has 0 spiro atoms. The van der Waals surface area contributed by atoms with Gasteiger partial charge in [0.15, 0.2) is 5.13 Å². The standard InChI is InChI=1S/C13H13ClN2OS2/c1-8-7-15-13(18-8)16-12(17)9(2)19-11-5-3-10(14)4-6-11/h3-7,9H,1-2H3,(H,15,16,17). The molecule has 1 aromatic carbocycles. The van der Waals surface area contributed by atoms with Crippen LogP contribution in [-0.4, -0.2) is 16.1 Å². The minimum atomic E-state index is -0.189. The second-order valence-electron chi connectivity index (χ2n) is 3.98. The highest BCUT2D eigenvalue weighted by Gasteiger charge is 2.15. The number of nitrogens with one attached hydrogen (secondary N) is 1. The van der Waals surface area contributed by atoms with Gasteiger partial charge in [-0.25, -0.2) is 4.98 Å². The lowest BCUT2D eigenvalue weighted by Crippen LogP contribution is -2.22. The third kappa shape index (κ3) is 4.23. The molecule has 0 saturated heterocycles. The molecule has 1 aromatic heterocycles. The monoisotopic (exact) mass is 312 g/mol. The summed E-state index contributed by atoms with van der Waals surface area (Å²) in [6.45, 7) is 3.83. The molecule has 0 aliphatic rings. The summed E-state index contributed by atoms with van der Waals surface area (Å²) < 4.78 is 0. The van der Waals surface area contributed by atoms with Crippen LogP contribution in [0.5, 0.6) is 0 Å². The second-order valence-corrected chi connectivity index (χ2v) is 7.06. The van der Waals surface area contributed by atoms with E-state index in [1.54, 1.807) is 6.20 Å². The number of anilines is 1. The Labute approximate surface area is 125 Å². The van der Waals surface area contributed by atoms with Gasteiger partial charge in [-0.3, -0.25) is 4.79 Å². The number of carbonyl (C=O) groups excluding carboxylic acids is 1. The molecule has 1 N–H and O–H groups in total. The second kappa shape index (κ2) is 6.41. The minimum Gasteiger partial charge on any atom is -0.301 e. The summed E-state index contributed by atoms with van der Waals surface area (Å²) in [6, 6.07) is 7.45. The molecule has 0 aliphatic heterocycles. The highest BCUT2D eigenvalue weighted by molar-refractivity contribution is 8.00. The van der Waals surface area contributed by atoms with Gasteiger partial charge in [0.25, 0.3) is 0 Å². The molecule has 0 radical (unpaired) electrons. The minimum absolute atomic E-state index is 0.0469. The maximum absolute atomic E-state index is 12.0. The van der Waals surface area contributed by atoms with Crippen molar-refractivity contribution in [2.24, 2.45) is 0 Å². The zero-order chi connectivity index (χ0) is 13.8. The third-order valence-corrected chi connectivity index (χ3v) is 4.54. The normalized spacial score (nSPS) is 12.2. The van der Waals surface area contributed by atoms with Gasteiger partial charge in [0, 0.05) is 21.0 Å². The highest BCUT2D eigenvalue weighted by atomic mass is 35.5. The van der Waals surface area contributed by atoms with Crippen LogP contribution in [0, 0.1) is 6.92 Å². The van der Waals surface area contributed by atoms with E-state index in [0.717, 1.165) is 9.77 Å². The topological polar surface area (TPSA) is 42.0 Å². The Balaban J connectivity index is 1.94. The summed E-state index contributed by atoms with van der Waals surface area (Å²) in [4.78, 5) is 18.2. The quantitative estimate of drug-likeness (QED) is 0.859. The van der Waals surface area contributed by atoms with Crippen LogP contribution in [0.15, 0.2) is 35.4 Å². The molecule has 100 valence electrons. The first-order valence-electron chi connectivity index (χ1n) is 5.70. The summed E-state index contributed by atoms with van der Waals surface area (Å²) in [5.41, 5.74) is 0. The van der Waals surface area contributed by atoms with E-state index in [4.69, 9.17) is 11.6 Å². The maximum Gasteiger partial charge on any atom is 0.239 e. The molecule has 0 saturated carbocycles. The number of nitrogens with zero attached hydrogens (tertiary/aromatic N) is 1. The summed E-state index contributed by atoms with van der Waals surface area (Å²) in [5.74, 6) is -0.0469. The largest absolute Gasteiger partial charge is 0.301 e. The lowest BCUT2D eigenvalue weighted by Gasteiger charge is -2.10. The van der Waals surface area contributed by atoms with Crippen molar-refractivity contribution in [3.8, 4) is 0 Å². The van der Waals surface area contributed by atoms with Crippen LogP contribution in [0.1, 0.15) is 11.8 Å². The Hall–Kier alpha value is -1.04. The van der Waals surface area contributed by atoms with Crippen molar-refractivity contribution in [1.29, 1.82) is 0 Å². The number of carbonyl (C=O) groups is 1. The van der Waals surface area contributed by atoms with E-state index in [1.807, 2.05) is 38.1 Å². The molecule has 0 bridgehead atoms. The van der Waals surface area contributed by atoms with E-state index < -0.39 is 0 Å². The Kier molecular flexibility index (Phi) is 4.85. The molecular formula is C13H13ClN2OS2. The van der Waals surface area contributed by atoms with Crippen molar-refractivity contribution in [2.45, 2.75) is 24.0 Å². The van der Waals surface area contributed by atoms with Crippen molar-refractivity contribution in [1.82, 2.24) is 4.98 Å². The molecule has 1 heterocycles. The summed E-state index contributed by atoms with van der Waals surface area (Å²) >= 11 is 8.79. The molecule has 2 rings (SSSR count). The molecule has 2 aromatic rings. The molecule has 1 amide bonds. The van der Waals surface area contributed by atoms with E-state index in [-0.39, 0.29) is 11.2 Å². The fourth-order valence-corrected chi connectivity index (χ4v) is 3.05. The lowest BCUT2D eigenvalue weighted by atomic mass is 10.4. The number of halogens is 1. The van der Waals surface area contributed by atoms with Crippen LogP contribution in [0.2, 0.25) is 5.02 Å². The summed E-state index contributed by atoms with van der Waals surface area (Å²) in [7, 11) is 0.